The maximum Gasteiger partial charge on any atom is 0.125 e. The average Bonchev–Trinajstić information content (AvgIpc) is 2.07. The molecule has 0 radical (unpaired) electrons. The van der Waals surface area contributed by atoms with E-state index in [1.165, 1.54) is 0 Å². The van der Waals surface area contributed by atoms with E-state index in [9.17, 15) is 0 Å². The minimum atomic E-state index is 0.867. The molecule has 0 aliphatic rings. The Kier molecular flexibility index (Phi) is 2.51. The van der Waals surface area contributed by atoms with E-state index in [0.717, 1.165) is 11.4 Å². The fraction of sp³-hybridized carbons (Fsp3) is 0.222. The van der Waals surface area contributed by atoms with Gasteiger partial charge in [0.15, 0.2) is 0 Å². The van der Waals surface area contributed by atoms with Crippen molar-refractivity contribution in [2.45, 2.75) is 6.92 Å². The van der Waals surface area contributed by atoms with Gasteiger partial charge in [-0.2, -0.15) is 0 Å². The Morgan fingerprint density at radius 3 is 2.73 bits per heavy atom. The number of aromatic nitrogens is 1. The summed E-state index contributed by atoms with van der Waals surface area (Å²) in [4.78, 5) is 4.10. The Hall–Kier alpha value is -1.49. The lowest BCUT2D eigenvalue weighted by Crippen LogP contribution is -1.90. The second-order valence-corrected chi connectivity index (χ2v) is 2.06. The van der Waals surface area contributed by atoms with Gasteiger partial charge >= 0.3 is 0 Å². The predicted molar refractivity (Wildman–Crippen MR) is 46.3 cm³/mol. The Labute approximate surface area is 66.7 Å². The molecular weight excluding hydrogens is 136 g/mol. The molecule has 0 atom stereocenters. The summed E-state index contributed by atoms with van der Waals surface area (Å²) in [5.41, 5.74) is 0.950. The fourth-order valence-corrected chi connectivity index (χ4v) is 0.760. The molecule has 1 aromatic rings. The average molecular weight is 146 g/mol. The third-order valence-electron chi connectivity index (χ3n) is 1.29. The molecule has 0 aromatic carbocycles. The van der Waals surface area contributed by atoms with Crippen LogP contribution >= 0.6 is 0 Å². The summed E-state index contributed by atoms with van der Waals surface area (Å²) >= 11 is 0. The van der Waals surface area contributed by atoms with Crippen LogP contribution in [0.2, 0.25) is 0 Å². The smallest absolute Gasteiger partial charge is 0.125 e. The van der Waals surface area contributed by atoms with Crippen LogP contribution in [0.3, 0.4) is 0 Å². The first kappa shape index (κ1) is 7.62. The topological polar surface area (TPSA) is 24.9 Å². The molecule has 0 saturated heterocycles. The van der Waals surface area contributed by atoms with Crippen molar-refractivity contribution < 1.29 is 0 Å². The van der Waals surface area contributed by atoms with Gasteiger partial charge in [0.25, 0.3) is 0 Å². The first-order valence-electron chi connectivity index (χ1n) is 3.43. The van der Waals surface area contributed by atoms with E-state index in [1.54, 1.807) is 6.20 Å². The van der Waals surface area contributed by atoms with E-state index in [2.05, 4.69) is 22.1 Å². The van der Waals surface area contributed by atoms with Gasteiger partial charge in [0.1, 0.15) is 5.82 Å². The zero-order valence-corrected chi connectivity index (χ0v) is 6.68. The maximum atomic E-state index is 4.10. The van der Waals surface area contributed by atoms with Crippen molar-refractivity contribution in [3.63, 3.8) is 0 Å². The standard InChI is InChI=1S/C9H10N2/c1-3-4-8-5-6-9(10-2)11-7-8/h5-7H,1-2H3,(H,10,11). The van der Waals surface area contributed by atoms with Crippen LogP contribution < -0.4 is 5.32 Å². The third-order valence-corrected chi connectivity index (χ3v) is 1.29. The number of nitrogens with one attached hydrogen (secondary N) is 1. The number of hydrogen-bond donors (Lipinski definition) is 1. The highest BCUT2D eigenvalue weighted by Gasteiger charge is 1.88. The van der Waals surface area contributed by atoms with Gasteiger partial charge in [-0.15, -0.1) is 5.92 Å². The second-order valence-electron chi connectivity index (χ2n) is 2.06. The summed E-state index contributed by atoms with van der Waals surface area (Å²) in [6.07, 6.45) is 1.75. The summed E-state index contributed by atoms with van der Waals surface area (Å²) < 4.78 is 0. The molecule has 0 saturated carbocycles. The number of rotatable bonds is 1. The predicted octanol–water partition coefficient (Wildman–Crippen LogP) is 1.49. The largest absolute Gasteiger partial charge is 0.373 e. The zero-order chi connectivity index (χ0) is 8.10. The molecule has 0 bridgehead atoms. The van der Waals surface area contributed by atoms with Crippen LogP contribution in [0.5, 0.6) is 0 Å². The van der Waals surface area contributed by atoms with E-state index >= 15 is 0 Å². The highest BCUT2D eigenvalue weighted by atomic mass is 14.9. The second kappa shape index (κ2) is 3.62. The lowest BCUT2D eigenvalue weighted by Gasteiger charge is -1.96. The van der Waals surface area contributed by atoms with Gasteiger partial charge in [-0.25, -0.2) is 4.98 Å². The lowest BCUT2D eigenvalue weighted by atomic mass is 10.3. The third kappa shape index (κ3) is 1.98. The number of nitrogens with zero attached hydrogens (tertiary/aromatic N) is 1. The quantitative estimate of drug-likeness (QED) is 0.607. The van der Waals surface area contributed by atoms with Crippen LogP contribution in [-0.4, -0.2) is 12.0 Å². The van der Waals surface area contributed by atoms with Crippen molar-refractivity contribution in [3.05, 3.63) is 23.9 Å². The summed E-state index contributed by atoms with van der Waals surface area (Å²) in [5.74, 6) is 6.60. The van der Waals surface area contributed by atoms with Crippen molar-refractivity contribution in [3.8, 4) is 11.8 Å². The van der Waals surface area contributed by atoms with Gasteiger partial charge in [-0.1, -0.05) is 5.92 Å². The first-order valence-corrected chi connectivity index (χ1v) is 3.43. The molecule has 2 nitrogen and oxygen atoms in total. The van der Waals surface area contributed by atoms with Crippen LogP contribution in [0.4, 0.5) is 5.82 Å². The molecule has 56 valence electrons. The Morgan fingerprint density at radius 1 is 1.45 bits per heavy atom. The summed E-state index contributed by atoms with van der Waals surface area (Å²) in [6, 6.07) is 3.84. The Morgan fingerprint density at radius 2 is 2.27 bits per heavy atom. The van der Waals surface area contributed by atoms with Crippen LogP contribution in [0.25, 0.3) is 0 Å². The molecule has 1 aromatic heterocycles. The van der Waals surface area contributed by atoms with Gasteiger partial charge in [0.2, 0.25) is 0 Å². The normalized spacial score (nSPS) is 8.18. The molecule has 0 aliphatic carbocycles. The molecule has 1 rings (SSSR count). The molecule has 0 fully saturated rings. The van der Waals surface area contributed by atoms with E-state index < -0.39 is 0 Å². The van der Waals surface area contributed by atoms with Crippen molar-refractivity contribution in [2.24, 2.45) is 0 Å². The number of hydrogen-bond acceptors (Lipinski definition) is 2. The number of pyridine rings is 1. The SMILES string of the molecule is CC#Cc1ccc(NC)nc1. The Bertz CT molecular complexity index is 277. The van der Waals surface area contributed by atoms with Crippen LogP contribution in [0.1, 0.15) is 12.5 Å². The molecule has 0 spiro atoms. The minimum Gasteiger partial charge on any atom is -0.373 e. The molecule has 1 N–H and O–H groups in total. The van der Waals surface area contributed by atoms with Crippen LogP contribution in [0.15, 0.2) is 18.3 Å². The minimum absolute atomic E-state index is 0.867. The molecule has 0 unspecified atom stereocenters. The van der Waals surface area contributed by atoms with Crippen molar-refractivity contribution in [2.75, 3.05) is 12.4 Å². The van der Waals surface area contributed by atoms with Gasteiger partial charge in [0.05, 0.1) is 0 Å². The molecule has 0 amide bonds. The lowest BCUT2D eigenvalue weighted by molar-refractivity contribution is 1.28. The highest BCUT2D eigenvalue weighted by Crippen LogP contribution is 2.01. The summed E-state index contributed by atoms with van der Waals surface area (Å²) in [5, 5.41) is 2.94. The molecule has 1 heterocycles. The van der Waals surface area contributed by atoms with E-state index in [-0.39, 0.29) is 0 Å². The van der Waals surface area contributed by atoms with E-state index in [1.807, 2.05) is 26.1 Å². The van der Waals surface area contributed by atoms with Gasteiger partial charge in [0, 0.05) is 18.8 Å². The highest BCUT2D eigenvalue weighted by molar-refractivity contribution is 5.40. The van der Waals surface area contributed by atoms with Crippen LogP contribution in [0, 0.1) is 11.8 Å². The van der Waals surface area contributed by atoms with Crippen molar-refractivity contribution in [1.29, 1.82) is 0 Å². The van der Waals surface area contributed by atoms with Crippen molar-refractivity contribution >= 4 is 5.82 Å². The maximum absolute atomic E-state index is 4.10. The molecule has 11 heavy (non-hydrogen) atoms. The van der Waals surface area contributed by atoms with Gasteiger partial charge in [-0.3, -0.25) is 0 Å². The summed E-state index contributed by atoms with van der Waals surface area (Å²) in [6.45, 7) is 1.81. The number of anilines is 1. The van der Waals surface area contributed by atoms with E-state index in [4.69, 9.17) is 0 Å². The molecular formula is C9H10N2. The Balaban J connectivity index is 2.88. The van der Waals surface area contributed by atoms with Gasteiger partial charge in [-0.05, 0) is 19.1 Å². The van der Waals surface area contributed by atoms with Crippen LogP contribution in [-0.2, 0) is 0 Å². The van der Waals surface area contributed by atoms with Crippen molar-refractivity contribution in [1.82, 2.24) is 4.98 Å². The fourth-order valence-electron chi connectivity index (χ4n) is 0.760. The zero-order valence-electron chi connectivity index (χ0n) is 6.68. The monoisotopic (exact) mass is 146 g/mol. The molecule has 0 aliphatic heterocycles. The van der Waals surface area contributed by atoms with E-state index in [0.29, 0.717) is 0 Å². The molecule has 2 heteroatoms. The van der Waals surface area contributed by atoms with Gasteiger partial charge < -0.3 is 5.32 Å². The summed E-state index contributed by atoms with van der Waals surface area (Å²) in [7, 11) is 1.84. The first-order chi connectivity index (χ1) is 5.36.